The molecule has 0 aliphatic rings. The fraction of sp³-hybridized carbons (Fsp3) is 0.273. The quantitative estimate of drug-likeness (QED) is 0.808. The number of hydrogen-bond donors (Lipinski definition) is 2. The van der Waals surface area contributed by atoms with Crippen molar-refractivity contribution in [2.75, 3.05) is 6.54 Å². The number of aliphatic carboxylic acids is 1. The molecule has 5 heteroatoms. The first-order valence-electron chi connectivity index (χ1n) is 4.81. The number of hydrogen-bond acceptors (Lipinski definition) is 2. The Labute approximate surface area is 102 Å². The number of carboxylic acids is 1. The Hall–Kier alpha value is -1.36. The third kappa shape index (κ3) is 4.44. The van der Waals surface area contributed by atoms with E-state index in [1.807, 2.05) is 24.3 Å². The summed E-state index contributed by atoms with van der Waals surface area (Å²) in [6.45, 7) is 0.439. The molecule has 0 saturated carbocycles. The number of benzene rings is 1. The largest absolute Gasteiger partial charge is 0.481 e. The molecule has 2 N–H and O–H groups in total. The molecular weight excluding hydrogens is 274 g/mol. The molecule has 1 aromatic rings. The molecule has 0 heterocycles. The lowest BCUT2D eigenvalue weighted by Gasteiger charge is -2.05. The summed E-state index contributed by atoms with van der Waals surface area (Å²) in [6, 6.07) is 7.71. The Balaban J connectivity index is 2.33. The van der Waals surface area contributed by atoms with Crippen LogP contribution in [0.4, 0.5) is 0 Å². The average molecular weight is 286 g/mol. The van der Waals surface area contributed by atoms with Crippen molar-refractivity contribution < 1.29 is 14.7 Å². The maximum atomic E-state index is 11.0. The van der Waals surface area contributed by atoms with E-state index in [2.05, 4.69) is 21.2 Å². The molecule has 0 spiro atoms. The monoisotopic (exact) mass is 285 g/mol. The molecular formula is C11H12BrNO3. The van der Waals surface area contributed by atoms with E-state index in [4.69, 9.17) is 5.11 Å². The number of carbonyl (C=O) groups is 2. The molecule has 0 fully saturated rings. The summed E-state index contributed by atoms with van der Waals surface area (Å²) in [5, 5.41) is 10.9. The van der Waals surface area contributed by atoms with E-state index in [0.29, 0.717) is 13.0 Å². The van der Waals surface area contributed by atoms with Crippen molar-refractivity contribution in [1.29, 1.82) is 0 Å². The van der Waals surface area contributed by atoms with Gasteiger partial charge in [-0.1, -0.05) is 34.1 Å². The number of rotatable bonds is 5. The minimum Gasteiger partial charge on any atom is -0.481 e. The first-order valence-corrected chi connectivity index (χ1v) is 5.61. The van der Waals surface area contributed by atoms with Crippen LogP contribution in [0.2, 0.25) is 0 Å². The summed E-state index contributed by atoms with van der Waals surface area (Å²) in [4.78, 5) is 21.3. The Morgan fingerprint density at radius 2 is 2.00 bits per heavy atom. The van der Waals surface area contributed by atoms with Crippen LogP contribution in [0.5, 0.6) is 0 Å². The Kier molecular flexibility index (Phi) is 4.98. The van der Waals surface area contributed by atoms with E-state index < -0.39 is 18.3 Å². The molecule has 0 unspecified atom stereocenters. The fourth-order valence-corrected chi connectivity index (χ4v) is 1.72. The van der Waals surface area contributed by atoms with Crippen LogP contribution in [-0.4, -0.2) is 23.5 Å². The second kappa shape index (κ2) is 6.27. The minimum absolute atomic E-state index is 0.439. The van der Waals surface area contributed by atoms with Crippen LogP contribution < -0.4 is 5.32 Å². The van der Waals surface area contributed by atoms with E-state index in [1.165, 1.54) is 0 Å². The molecule has 4 nitrogen and oxygen atoms in total. The van der Waals surface area contributed by atoms with Gasteiger partial charge in [-0.05, 0) is 18.1 Å². The lowest BCUT2D eigenvalue weighted by molar-refractivity contribution is -0.140. The molecule has 1 amide bonds. The highest BCUT2D eigenvalue weighted by molar-refractivity contribution is 9.10. The van der Waals surface area contributed by atoms with E-state index in [9.17, 15) is 9.59 Å². The average Bonchev–Trinajstić information content (AvgIpc) is 2.19. The summed E-state index contributed by atoms with van der Waals surface area (Å²) in [5.74, 6) is -1.57. The summed E-state index contributed by atoms with van der Waals surface area (Å²) in [6.07, 6.45) is 0.197. The van der Waals surface area contributed by atoms with Crippen LogP contribution in [0.3, 0.4) is 0 Å². The smallest absolute Gasteiger partial charge is 0.312 e. The molecule has 1 rings (SSSR count). The maximum absolute atomic E-state index is 11.0. The highest BCUT2D eigenvalue weighted by Crippen LogP contribution is 2.15. The van der Waals surface area contributed by atoms with Gasteiger partial charge < -0.3 is 10.4 Å². The number of carbonyl (C=O) groups excluding carboxylic acids is 1. The molecule has 0 aromatic heterocycles. The Morgan fingerprint density at radius 1 is 1.31 bits per heavy atom. The first-order chi connectivity index (χ1) is 7.59. The topological polar surface area (TPSA) is 66.4 Å². The third-order valence-electron chi connectivity index (χ3n) is 1.99. The zero-order valence-corrected chi connectivity index (χ0v) is 10.2. The van der Waals surface area contributed by atoms with E-state index in [-0.39, 0.29) is 0 Å². The fourth-order valence-electron chi connectivity index (χ4n) is 1.24. The van der Waals surface area contributed by atoms with Crippen molar-refractivity contribution in [2.24, 2.45) is 0 Å². The second-order valence-corrected chi connectivity index (χ2v) is 4.12. The van der Waals surface area contributed by atoms with Gasteiger partial charge in [0.15, 0.2) is 0 Å². The standard InChI is InChI=1S/C11H12BrNO3/c12-9-4-2-1-3-8(9)5-6-13-10(14)7-11(15)16/h1-4H,5-7H2,(H,13,14)(H,15,16). The van der Waals surface area contributed by atoms with Crippen LogP contribution >= 0.6 is 15.9 Å². The van der Waals surface area contributed by atoms with Gasteiger partial charge in [-0.2, -0.15) is 0 Å². The summed E-state index contributed by atoms with van der Waals surface area (Å²) in [7, 11) is 0. The molecule has 1 aromatic carbocycles. The zero-order chi connectivity index (χ0) is 12.0. The lowest BCUT2D eigenvalue weighted by Crippen LogP contribution is -2.27. The van der Waals surface area contributed by atoms with Crippen LogP contribution in [-0.2, 0) is 16.0 Å². The molecule has 86 valence electrons. The molecule has 0 radical (unpaired) electrons. The van der Waals surface area contributed by atoms with Gasteiger partial charge in [-0.3, -0.25) is 9.59 Å². The van der Waals surface area contributed by atoms with Gasteiger partial charge in [0.1, 0.15) is 6.42 Å². The van der Waals surface area contributed by atoms with Crippen molar-refractivity contribution in [1.82, 2.24) is 5.32 Å². The highest BCUT2D eigenvalue weighted by atomic mass is 79.9. The summed E-state index contributed by atoms with van der Waals surface area (Å²) < 4.78 is 0.988. The Morgan fingerprint density at radius 3 is 2.62 bits per heavy atom. The number of nitrogens with one attached hydrogen (secondary N) is 1. The van der Waals surface area contributed by atoms with Gasteiger partial charge in [0, 0.05) is 11.0 Å². The summed E-state index contributed by atoms with van der Waals surface area (Å²) >= 11 is 3.40. The molecule has 0 aliphatic carbocycles. The minimum atomic E-state index is -1.11. The Bertz CT molecular complexity index is 393. The summed E-state index contributed by atoms with van der Waals surface area (Å²) in [5.41, 5.74) is 1.08. The lowest BCUT2D eigenvalue weighted by atomic mass is 10.1. The van der Waals surface area contributed by atoms with Crippen molar-refractivity contribution >= 4 is 27.8 Å². The van der Waals surface area contributed by atoms with Crippen molar-refractivity contribution in [2.45, 2.75) is 12.8 Å². The molecule has 0 aliphatic heterocycles. The normalized spacial score (nSPS) is 9.81. The second-order valence-electron chi connectivity index (χ2n) is 3.26. The van der Waals surface area contributed by atoms with E-state index in [1.54, 1.807) is 0 Å². The van der Waals surface area contributed by atoms with Crippen LogP contribution in [0.15, 0.2) is 28.7 Å². The van der Waals surface area contributed by atoms with E-state index >= 15 is 0 Å². The van der Waals surface area contributed by atoms with Crippen LogP contribution in [0.25, 0.3) is 0 Å². The van der Waals surface area contributed by atoms with Crippen molar-refractivity contribution in [3.8, 4) is 0 Å². The molecule has 0 atom stereocenters. The van der Waals surface area contributed by atoms with Crippen LogP contribution in [0, 0.1) is 0 Å². The van der Waals surface area contributed by atoms with Gasteiger partial charge in [-0.15, -0.1) is 0 Å². The molecule has 0 bridgehead atoms. The molecule has 16 heavy (non-hydrogen) atoms. The number of carboxylic acid groups (broad SMARTS) is 1. The van der Waals surface area contributed by atoms with Crippen LogP contribution in [0.1, 0.15) is 12.0 Å². The van der Waals surface area contributed by atoms with Gasteiger partial charge in [0.2, 0.25) is 5.91 Å². The SMILES string of the molecule is O=C(O)CC(=O)NCCc1ccccc1Br. The van der Waals surface area contributed by atoms with Crippen molar-refractivity contribution in [3.63, 3.8) is 0 Å². The van der Waals surface area contributed by atoms with Crippen molar-refractivity contribution in [3.05, 3.63) is 34.3 Å². The van der Waals surface area contributed by atoms with Gasteiger partial charge in [-0.25, -0.2) is 0 Å². The predicted molar refractivity (Wildman–Crippen MR) is 63.1 cm³/mol. The first kappa shape index (κ1) is 12.7. The van der Waals surface area contributed by atoms with Gasteiger partial charge >= 0.3 is 5.97 Å². The number of halogens is 1. The predicted octanol–water partition coefficient (Wildman–Crippen LogP) is 1.58. The van der Waals surface area contributed by atoms with Gasteiger partial charge in [0.25, 0.3) is 0 Å². The van der Waals surface area contributed by atoms with Gasteiger partial charge in [0.05, 0.1) is 0 Å². The third-order valence-corrected chi connectivity index (χ3v) is 2.76. The molecule has 0 saturated heterocycles. The zero-order valence-electron chi connectivity index (χ0n) is 8.57. The van der Waals surface area contributed by atoms with E-state index in [0.717, 1.165) is 10.0 Å². The number of amides is 1. The maximum Gasteiger partial charge on any atom is 0.312 e. The highest BCUT2D eigenvalue weighted by Gasteiger charge is 2.06.